The lowest BCUT2D eigenvalue weighted by Crippen LogP contribution is -1.95. The van der Waals surface area contributed by atoms with E-state index in [4.69, 9.17) is 14.5 Å². The monoisotopic (exact) mass is 378 g/mol. The molecule has 0 fully saturated rings. The van der Waals surface area contributed by atoms with Crippen molar-refractivity contribution in [3.63, 3.8) is 0 Å². The molecule has 27 heavy (non-hydrogen) atoms. The molecule has 4 aromatic rings. The summed E-state index contributed by atoms with van der Waals surface area (Å²) in [5, 5.41) is 2.02. The Morgan fingerprint density at radius 2 is 1.78 bits per heavy atom. The van der Waals surface area contributed by atoms with Gasteiger partial charge in [-0.1, -0.05) is 0 Å². The zero-order valence-electron chi connectivity index (χ0n) is 15.2. The molecular weight excluding hydrogens is 360 g/mol. The van der Waals surface area contributed by atoms with Crippen molar-refractivity contribution in [2.45, 2.75) is 6.92 Å². The number of carbonyl (C=O) groups is 1. The van der Waals surface area contributed by atoms with Crippen molar-refractivity contribution in [3.8, 4) is 34.0 Å². The molecule has 0 N–H and O–H groups in total. The second-order valence-corrected chi connectivity index (χ2v) is 6.95. The molecule has 0 bridgehead atoms. The molecule has 5 nitrogen and oxygen atoms in total. The first-order chi connectivity index (χ1) is 13.2. The fourth-order valence-electron chi connectivity index (χ4n) is 3.19. The lowest BCUT2D eigenvalue weighted by atomic mass is 10.1. The minimum Gasteiger partial charge on any atom is -0.497 e. The van der Waals surface area contributed by atoms with Gasteiger partial charge in [0.15, 0.2) is 11.2 Å². The molecule has 0 radical (unpaired) electrons. The first-order valence-corrected chi connectivity index (χ1v) is 9.28. The van der Waals surface area contributed by atoms with Crippen molar-refractivity contribution in [3.05, 3.63) is 59.1 Å². The van der Waals surface area contributed by atoms with Crippen LogP contribution in [-0.4, -0.2) is 29.9 Å². The Hall–Kier alpha value is -3.12. The molecule has 0 aliphatic rings. The van der Waals surface area contributed by atoms with Gasteiger partial charge in [-0.2, -0.15) is 0 Å². The van der Waals surface area contributed by atoms with Crippen molar-refractivity contribution in [1.82, 2.24) is 9.38 Å². The topological polar surface area (TPSA) is 52.8 Å². The third-order valence-electron chi connectivity index (χ3n) is 4.56. The highest BCUT2D eigenvalue weighted by atomic mass is 32.1. The van der Waals surface area contributed by atoms with Crippen LogP contribution in [0.3, 0.4) is 0 Å². The van der Waals surface area contributed by atoms with Crippen molar-refractivity contribution in [1.29, 1.82) is 0 Å². The summed E-state index contributed by atoms with van der Waals surface area (Å²) in [4.78, 5) is 17.4. The van der Waals surface area contributed by atoms with Crippen LogP contribution in [0, 0.1) is 6.92 Å². The van der Waals surface area contributed by atoms with Gasteiger partial charge in [0.1, 0.15) is 22.9 Å². The quantitative estimate of drug-likeness (QED) is 0.465. The molecule has 0 amide bonds. The number of hydrogen-bond acceptors (Lipinski definition) is 5. The number of aryl methyl sites for hydroxylation is 1. The number of methoxy groups -OCH3 is 2. The number of fused-ring (bicyclic) bond motifs is 1. The number of imidazole rings is 1. The second-order valence-electron chi connectivity index (χ2n) is 6.12. The summed E-state index contributed by atoms with van der Waals surface area (Å²) in [5.74, 6) is 1.60. The number of benzene rings is 2. The minimum absolute atomic E-state index is 0.542. The van der Waals surface area contributed by atoms with E-state index in [1.165, 1.54) is 11.3 Å². The highest BCUT2D eigenvalue weighted by molar-refractivity contribution is 7.15. The zero-order valence-corrected chi connectivity index (χ0v) is 16.0. The number of hydrogen-bond donors (Lipinski definition) is 0. The largest absolute Gasteiger partial charge is 0.497 e. The van der Waals surface area contributed by atoms with E-state index < -0.39 is 0 Å². The maximum Gasteiger partial charge on any atom is 0.195 e. The van der Waals surface area contributed by atoms with Crippen LogP contribution < -0.4 is 9.47 Å². The van der Waals surface area contributed by atoms with Crippen LogP contribution in [-0.2, 0) is 0 Å². The molecule has 4 rings (SSSR count). The number of rotatable bonds is 5. The molecular formula is C21H18N2O3S. The Labute approximate surface area is 160 Å². The third kappa shape index (κ3) is 2.88. The van der Waals surface area contributed by atoms with E-state index in [-0.39, 0.29) is 0 Å². The first kappa shape index (κ1) is 17.3. The van der Waals surface area contributed by atoms with E-state index in [1.807, 2.05) is 53.1 Å². The summed E-state index contributed by atoms with van der Waals surface area (Å²) in [6, 6.07) is 13.5. The van der Waals surface area contributed by atoms with Crippen molar-refractivity contribution >= 4 is 22.6 Å². The Bertz CT molecular complexity index is 1130. The minimum atomic E-state index is 0.542. The van der Waals surface area contributed by atoms with Crippen LogP contribution >= 0.6 is 11.3 Å². The molecule has 136 valence electrons. The smallest absolute Gasteiger partial charge is 0.195 e. The first-order valence-electron chi connectivity index (χ1n) is 8.41. The van der Waals surface area contributed by atoms with Crippen LogP contribution in [0.2, 0.25) is 0 Å². The second kappa shape index (κ2) is 6.89. The van der Waals surface area contributed by atoms with Gasteiger partial charge in [-0.05, 0) is 60.5 Å². The van der Waals surface area contributed by atoms with Gasteiger partial charge in [-0.15, -0.1) is 11.3 Å². The highest BCUT2D eigenvalue weighted by Gasteiger charge is 2.19. The fraction of sp³-hybridized carbons (Fsp3) is 0.143. The van der Waals surface area contributed by atoms with Crippen LogP contribution in [0.5, 0.6) is 11.5 Å². The van der Waals surface area contributed by atoms with Gasteiger partial charge in [0.05, 0.1) is 19.9 Å². The normalized spacial score (nSPS) is 10.9. The zero-order chi connectivity index (χ0) is 19.0. The summed E-state index contributed by atoms with van der Waals surface area (Å²) in [7, 11) is 3.29. The van der Waals surface area contributed by atoms with E-state index in [0.717, 1.165) is 45.1 Å². The fourth-order valence-corrected chi connectivity index (χ4v) is 4.09. The van der Waals surface area contributed by atoms with Crippen LogP contribution in [0.1, 0.15) is 16.1 Å². The summed E-state index contributed by atoms with van der Waals surface area (Å²) in [6.07, 6.45) is 0.867. The highest BCUT2D eigenvalue weighted by Crippen LogP contribution is 2.34. The molecule has 0 aliphatic carbocycles. The summed E-state index contributed by atoms with van der Waals surface area (Å²) >= 11 is 1.51. The van der Waals surface area contributed by atoms with Gasteiger partial charge < -0.3 is 9.47 Å². The van der Waals surface area contributed by atoms with E-state index in [9.17, 15) is 4.79 Å². The number of nitrogens with zero attached hydrogens (tertiary/aromatic N) is 2. The van der Waals surface area contributed by atoms with Crippen LogP contribution in [0.15, 0.2) is 47.8 Å². The van der Waals surface area contributed by atoms with Crippen LogP contribution in [0.4, 0.5) is 0 Å². The predicted octanol–water partition coefficient (Wildman–Crippen LogP) is 4.87. The van der Waals surface area contributed by atoms with Gasteiger partial charge in [0, 0.05) is 10.9 Å². The molecule has 0 saturated carbocycles. The SMILES string of the molecule is COc1ccc(-c2nc3scc(-c4ccc(OC)c(C)c4)n3c2C=O)cc1. The number of thiazole rings is 1. The lowest BCUT2D eigenvalue weighted by molar-refractivity contribution is 0.111. The molecule has 2 heterocycles. The number of carbonyl (C=O) groups excluding carboxylic acids is 1. The molecule has 2 aromatic carbocycles. The molecule has 0 saturated heterocycles. The molecule has 0 aliphatic heterocycles. The standard InChI is InChI=1S/C21H18N2O3S/c1-13-10-15(6-9-19(13)26-3)18-12-27-21-22-20(17(11-24)23(18)21)14-4-7-16(25-2)8-5-14/h4-12H,1-3H3. The predicted molar refractivity (Wildman–Crippen MR) is 107 cm³/mol. The maximum atomic E-state index is 11.9. The van der Waals surface area contributed by atoms with E-state index in [0.29, 0.717) is 11.4 Å². The average Bonchev–Trinajstić information content (AvgIpc) is 3.27. The van der Waals surface area contributed by atoms with Gasteiger partial charge in [-0.3, -0.25) is 9.20 Å². The van der Waals surface area contributed by atoms with Crippen molar-refractivity contribution < 1.29 is 14.3 Å². The third-order valence-corrected chi connectivity index (χ3v) is 5.39. The summed E-state index contributed by atoms with van der Waals surface area (Å²) < 4.78 is 12.5. The lowest BCUT2D eigenvalue weighted by Gasteiger charge is -2.08. The Morgan fingerprint density at radius 1 is 1.04 bits per heavy atom. The Kier molecular flexibility index (Phi) is 4.41. The van der Waals surface area contributed by atoms with Gasteiger partial charge in [0.25, 0.3) is 0 Å². The average molecular weight is 378 g/mol. The van der Waals surface area contributed by atoms with Crippen molar-refractivity contribution in [2.75, 3.05) is 14.2 Å². The summed E-state index contributed by atoms with van der Waals surface area (Å²) in [6.45, 7) is 2.00. The van der Waals surface area contributed by atoms with Gasteiger partial charge in [-0.25, -0.2) is 4.98 Å². The van der Waals surface area contributed by atoms with E-state index in [2.05, 4.69) is 6.07 Å². The Morgan fingerprint density at radius 3 is 2.41 bits per heavy atom. The summed E-state index contributed by atoms with van der Waals surface area (Å²) in [5.41, 5.74) is 5.09. The van der Waals surface area contributed by atoms with Crippen LogP contribution in [0.25, 0.3) is 27.5 Å². The molecule has 6 heteroatoms. The Balaban J connectivity index is 1.88. The number of aromatic nitrogens is 2. The molecule has 0 unspecified atom stereocenters. The molecule has 2 aromatic heterocycles. The number of ether oxygens (including phenoxy) is 2. The van der Waals surface area contributed by atoms with Crippen molar-refractivity contribution in [2.24, 2.45) is 0 Å². The van der Waals surface area contributed by atoms with Gasteiger partial charge >= 0.3 is 0 Å². The van der Waals surface area contributed by atoms with Gasteiger partial charge in [0.2, 0.25) is 0 Å². The van der Waals surface area contributed by atoms with E-state index >= 15 is 0 Å². The van der Waals surface area contributed by atoms with E-state index in [1.54, 1.807) is 14.2 Å². The molecule has 0 spiro atoms. The number of aldehydes is 1. The maximum absolute atomic E-state index is 11.9. The molecule has 0 atom stereocenters.